The maximum Gasteiger partial charge on any atom is 0.0979 e. The minimum atomic E-state index is 0.878. The lowest BCUT2D eigenvalue weighted by Gasteiger charge is -2.14. The summed E-state index contributed by atoms with van der Waals surface area (Å²) in [6.07, 6.45) is 0. The van der Waals surface area contributed by atoms with Gasteiger partial charge in [-0.3, -0.25) is 0 Å². The zero-order valence-corrected chi connectivity index (χ0v) is 34.6. The molecule has 0 bridgehead atoms. The van der Waals surface area contributed by atoms with Crippen LogP contribution in [0.3, 0.4) is 0 Å². The fourth-order valence-corrected chi connectivity index (χ4v) is 11.3. The molecule has 5 heteroatoms. The van der Waals surface area contributed by atoms with Gasteiger partial charge >= 0.3 is 0 Å². The smallest absolute Gasteiger partial charge is 0.0979 e. The van der Waals surface area contributed by atoms with Crippen LogP contribution in [0.15, 0.2) is 206 Å². The van der Waals surface area contributed by atoms with Gasteiger partial charge in [-0.2, -0.15) is 0 Å². The first kappa shape index (κ1) is 34.6. The largest absolute Gasteiger partial charge is 0.309 e. The zero-order chi connectivity index (χ0) is 41.2. The second-order valence-corrected chi connectivity index (χ2v) is 17.6. The van der Waals surface area contributed by atoms with E-state index in [0.717, 1.165) is 55.8 Å². The van der Waals surface area contributed by atoms with Crippen LogP contribution in [0.25, 0.3) is 130 Å². The van der Waals surface area contributed by atoms with Crippen LogP contribution in [0.2, 0.25) is 0 Å². The average molecular weight is 819 g/mol. The Morgan fingerprint density at radius 3 is 1.73 bits per heavy atom. The molecule has 0 aliphatic rings. The van der Waals surface area contributed by atoms with Gasteiger partial charge in [-0.25, -0.2) is 9.97 Å². The van der Waals surface area contributed by atoms with E-state index in [0.29, 0.717) is 0 Å². The molecular formula is C58H34N4S. The highest BCUT2D eigenvalue weighted by Crippen LogP contribution is 2.43. The summed E-state index contributed by atoms with van der Waals surface area (Å²) in [5.41, 5.74) is 12.6. The Labute approximate surface area is 365 Å². The van der Waals surface area contributed by atoms with E-state index < -0.39 is 0 Å². The van der Waals surface area contributed by atoms with E-state index in [-0.39, 0.29) is 0 Å². The average Bonchev–Trinajstić information content (AvgIpc) is 4.00. The molecule has 0 saturated carbocycles. The van der Waals surface area contributed by atoms with Gasteiger partial charge < -0.3 is 9.13 Å². The monoisotopic (exact) mass is 818 g/mol. The van der Waals surface area contributed by atoms with Gasteiger partial charge in [-0.1, -0.05) is 127 Å². The summed E-state index contributed by atoms with van der Waals surface area (Å²) in [7, 11) is 0. The SMILES string of the molecule is c1ccc2cc3c(cc2c1)c1ccc(-n2c4ccccc4c4ccccc42)cc1n3-c1ccc2ccc(-c3nc4ccccc4nc3-c3cccc4sc5ccccc5c34)cc2c1. The van der Waals surface area contributed by atoms with Gasteiger partial charge in [0.05, 0.1) is 44.5 Å². The molecule has 10 aromatic carbocycles. The van der Waals surface area contributed by atoms with E-state index in [4.69, 9.17) is 9.97 Å². The molecule has 0 spiro atoms. The first-order valence-electron chi connectivity index (χ1n) is 21.4. The van der Waals surface area contributed by atoms with Crippen molar-refractivity contribution in [1.82, 2.24) is 19.1 Å². The topological polar surface area (TPSA) is 35.6 Å². The van der Waals surface area contributed by atoms with E-state index in [1.165, 1.54) is 74.4 Å². The summed E-state index contributed by atoms with van der Waals surface area (Å²) in [6, 6.07) is 75.0. The second-order valence-electron chi connectivity index (χ2n) is 16.6. The Kier molecular flexibility index (Phi) is 7.24. The molecule has 292 valence electrons. The van der Waals surface area contributed by atoms with Gasteiger partial charge in [0, 0.05) is 64.2 Å². The van der Waals surface area contributed by atoms with Crippen molar-refractivity contribution in [1.29, 1.82) is 0 Å². The van der Waals surface area contributed by atoms with Gasteiger partial charge in [0.2, 0.25) is 0 Å². The van der Waals surface area contributed by atoms with Crippen molar-refractivity contribution < 1.29 is 0 Å². The molecule has 0 fully saturated rings. The van der Waals surface area contributed by atoms with Crippen LogP contribution < -0.4 is 0 Å². The second kappa shape index (κ2) is 13.2. The summed E-state index contributed by atoms with van der Waals surface area (Å²) in [5.74, 6) is 0. The normalized spacial score (nSPS) is 12.1. The molecule has 0 radical (unpaired) electrons. The maximum absolute atomic E-state index is 5.39. The van der Waals surface area contributed by atoms with Crippen LogP contribution in [-0.4, -0.2) is 19.1 Å². The predicted octanol–water partition coefficient (Wildman–Crippen LogP) is 15.8. The molecule has 0 aliphatic carbocycles. The lowest BCUT2D eigenvalue weighted by molar-refractivity contribution is 1.16. The Bertz CT molecular complexity index is 4170. The number of hydrogen-bond donors (Lipinski definition) is 0. The third-order valence-corrected chi connectivity index (χ3v) is 14.2. The number of thiophene rings is 1. The van der Waals surface area contributed by atoms with Crippen molar-refractivity contribution >= 4 is 108 Å². The van der Waals surface area contributed by atoms with Crippen molar-refractivity contribution in [3.05, 3.63) is 206 Å². The molecule has 14 aromatic rings. The molecule has 0 amide bonds. The van der Waals surface area contributed by atoms with Crippen molar-refractivity contribution in [2.75, 3.05) is 0 Å². The quantitative estimate of drug-likeness (QED) is 0.177. The Morgan fingerprint density at radius 1 is 0.333 bits per heavy atom. The van der Waals surface area contributed by atoms with Crippen LogP contribution in [-0.2, 0) is 0 Å². The number of nitrogens with zero attached hydrogens (tertiary/aromatic N) is 4. The Balaban J connectivity index is 1.01. The van der Waals surface area contributed by atoms with E-state index in [1.807, 2.05) is 23.5 Å². The number of para-hydroxylation sites is 4. The molecule has 4 heterocycles. The van der Waals surface area contributed by atoms with Crippen LogP contribution in [0.1, 0.15) is 0 Å². The van der Waals surface area contributed by atoms with E-state index >= 15 is 0 Å². The van der Waals surface area contributed by atoms with E-state index in [1.54, 1.807) is 0 Å². The van der Waals surface area contributed by atoms with Crippen LogP contribution in [0.4, 0.5) is 0 Å². The van der Waals surface area contributed by atoms with Crippen LogP contribution in [0.5, 0.6) is 0 Å². The third-order valence-electron chi connectivity index (χ3n) is 13.0. The first-order valence-corrected chi connectivity index (χ1v) is 22.2. The fraction of sp³-hybridized carbons (Fsp3) is 0. The minimum absolute atomic E-state index is 0.878. The molecule has 0 aliphatic heterocycles. The molecule has 63 heavy (non-hydrogen) atoms. The van der Waals surface area contributed by atoms with Gasteiger partial charge in [0.15, 0.2) is 0 Å². The van der Waals surface area contributed by atoms with Crippen molar-refractivity contribution in [3.8, 4) is 33.9 Å². The Morgan fingerprint density at radius 2 is 0.921 bits per heavy atom. The molecule has 0 N–H and O–H groups in total. The fourth-order valence-electron chi connectivity index (χ4n) is 10.2. The molecule has 14 rings (SSSR count). The summed E-state index contributed by atoms with van der Waals surface area (Å²) < 4.78 is 7.40. The number of rotatable bonds is 4. The number of benzene rings is 10. The van der Waals surface area contributed by atoms with Crippen molar-refractivity contribution in [2.24, 2.45) is 0 Å². The lowest BCUT2D eigenvalue weighted by Crippen LogP contribution is -1.97. The number of fused-ring (bicyclic) bond motifs is 12. The standard InChI is InChI=1S/C58H34N4S/c1-2-13-37-33-52-47(32-36(37)12-1)44-29-28-41(61-50-20-8-3-14-42(50)43-15-4-9-21-51(43)61)34-53(44)62(52)40-27-26-35-24-25-38(30-39(35)31-40)57-58(60-49-19-7-6-18-48(49)59-57)46-17-11-23-55-56(46)45-16-5-10-22-54(45)63-55/h1-34H. The van der Waals surface area contributed by atoms with Crippen LogP contribution >= 0.6 is 11.3 Å². The third kappa shape index (κ3) is 5.15. The summed E-state index contributed by atoms with van der Waals surface area (Å²) in [6.45, 7) is 0. The Hall–Kier alpha value is -8.12. The maximum atomic E-state index is 5.39. The lowest BCUT2D eigenvalue weighted by atomic mass is 9.97. The number of hydrogen-bond acceptors (Lipinski definition) is 3. The number of aromatic nitrogens is 4. The molecule has 4 nitrogen and oxygen atoms in total. The van der Waals surface area contributed by atoms with Crippen molar-refractivity contribution in [2.45, 2.75) is 0 Å². The zero-order valence-electron chi connectivity index (χ0n) is 33.8. The summed E-state index contributed by atoms with van der Waals surface area (Å²) >= 11 is 1.83. The van der Waals surface area contributed by atoms with E-state index in [9.17, 15) is 0 Å². The van der Waals surface area contributed by atoms with Gasteiger partial charge in [0.25, 0.3) is 0 Å². The molecule has 4 aromatic heterocycles. The molecule has 0 saturated heterocycles. The summed E-state index contributed by atoms with van der Waals surface area (Å²) in [5, 5.41) is 12.2. The van der Waals surface area contributed by atoms with Crippen molar-refractivity contribution in [3.63, 3.8) is 0 Å². The summed E-state index contributed by atoms with van der Waals surface area (Å²) in [4.78, 5) is 10.8. The molecule has 0 atom stereocenters. The van der Waals surface area contributed by atoms with Crippen LogP contribution in [0, 0.1) is 0 Å². The highest BCUT2D eigenvalue weighted by molar-refractivity contribution is 7.25. The first-order chi connectivity index (χ1) is 31.2. The van der Waals surface area contributed by atoms with Gasteiger partial charge in [0.1, 0.15) is 0 Å². The van der Waals surface area contributed by atoms with Gasteiger partial charge in [-0.05, 0) is 100 Å². The van der Waals surface area contributed by atoms with Gasteiger partial charge in [-0.15, -0.1) is 11.3 Å². The molecule has 0 unspecified atom stereocenters. The highest BCUT2D eigenvalue weighted by Gasteiger charge is 2.20. The minimum Gasteiger partial charge on any atom is -0.309 e. The highest BCUT2D eigenvalue weighted by atomic mass is 32.1. The predicted molar refractivity (Wildman–Crippen MR) is 267 cm³/mol. The molecular weight excluding hydrogens is 785 g/mol. The van der Waals surface area contributed by atoms with E-state index in [2.05, 4.69) is 203 Å².